The van der Waals surface area contributed by atoms with Crippen LogP contribution in [0.15, 0.2) is 0 Å². The molecule has 0 spiro atoms. The summed E-state index contributed by atoms with van der Waals surface area (Å²) in [5.41, 5.74) is 5.78. The van der Waals surface area contributed by atoms with Crippen LogP contribution in [0.5, 0.6) is 0 Å². The van der Waals surface area contributed by atoms with E-state index in [1.807, 2.05) is 6.92 Å². The molecule has 0 fully saturated rings. The van der Waals surface area contributed by atoms with Gasteiger partial charge in [-0.15, -0.1) is 0 Å². The monoisotopic (exact) mass is 221 g/mol. The maximum absolute atomic E-state index is 5.50. The molecule has 0 heterocycles. The molecule has 0 aromatic carbocycles. The van der Waals surface area contributed by atoms with Crippen LogP contribution in [0, 0.1) is 0 Å². The Morgan fingerprint density at radius 2 is 1.79 bits per heavy atom. The summed E-state index contributed by atoms with van der Waals surface area (Å²) in [4.78, 5) is 0. The highest BCUT2D eigenvalue weighted by Gasteiger charge is 1.99. The van der Waals surface area contributed by atoms with Crippen LogP contribution in [0.2, 0.25) is 0 Å². The Bertz CT molecular complexity index is 116. The van der Waals surface area contributed by atoms with Crippen molar-refractivity contribution in [1.82, 2.24) is 0 Å². The molecular formula is C9H23NO3Si. The second kappa shape index (κ2) is 11.1. The van der Waals surface area contributed by atoms with Crippen LogP contribution in [0.4, 0.5) is 0 Å². The second-order valence-corrected chi connectivity index (χ2v) is 4.36. The van der Waals surface area contributed by atoms with E-state index in [4.69, 9.17) is 19.9 Å². The minimum absolute atomic E-state index is 0.371. The number of nitrogens with two attached hydrogens (primary N) is 1. The van der Waals surface area contributed by atoms with Crippen LogP contribution in [0.3, 0.4) is 0 Å². The van der Waals surface area contributed by atoms with E-state index in [1.165, 1.54) is 0 Å². The summed E-state index contributed by atoms with van der Waals surface area (Å²) < 4.78 is 15.9. The molecule has 0 rings (SSSR count). The van der Waals surface area contributed by atoms with Gasteiger partial charge in [-0.25, -0.2) is 0 Å². The number of hydrogen-bond acceptors (Lipinski definition) is 4. The summed E-state index contributed by atoms with van der Waals surface area (Å²) in [6, 6.07) is 0. The van der Waals surface area contributed by atoms with E-state index in [0.29, 0.717) is 38.7 Å². The van der Waals surface area contributed by atoms with Crippen molar-refractivity contribution in [2.75, 3.05) is 39.6 Å². The zero-order valence-corrected chi connectivity index (χ0v) is 11.3. The van der Waals surface area contributed by atoms with Gasteiger partial charge in [-0.1, -0.05) is 0 Å². The first kappa shape index (κ1) is 14.1. The maximum Gasteiger partial charge on any atom is 0.0701 e. The van der Waals surface area contributed by atoms with Crippen molar-refractivity contribution in [2.45, 2.75) is 19.1 Å². The average Bonchev–Trinajstić information content (AvgIpc) is 2.17. The van der Waals surface area contributed by atoms with E-state index in [2.05, 4.69) is 0 Å². The SMILES string of the molecule is CCOCCOCCOC([SiH3])CCN. The van der Waals surface area contributed by atoms with Crippen molar-refractivity contribution in [3.05, 3.63) is 0 Å². The third kappa shape index (κ3) is 10.1. The average molecular weight is 221 g/mol. The van der Waals surface area contributed by atoms with Crippen molar-refractivity contribution in [3.63, 3.8) is 0 Å². The lowest BCUT2D eigenvalue weighted by molar-refractivity contribution is 0.00858. The van der Waals surface area contributed by atoms with E-state index in [-0.39, 0.29) is 0 Å². The van der Waals surface area contributed by atoms with Crippen LogP contribution in [0.1, 0.15) is 13.3 Å². The fourth-order valence-corrected chi connectivity index (χ4v) is 1.56. The van der Waals surface area contributed by atoms with Crippen molar-refractivity contribution >= 4 is 10.2 Å². The van der Waals surface area contributed by atoms with Gasteiger partial charge in [0.15, 0.2) is 0 Å². The molecule has 0 aliphatic rings. The smallest absolute Gasteiger partial charge is 0.0701 e. The second-order valence-electron chi connectivity index (χ2n) is 3.07. The Morgan fingerprint density at radius 1 is 1.14 bits per heavy atom. The molecule has 1 atom stereocenters. The van der Waals surface area contributed by atoms with E-state index < -0.39 is 0 Å². The molecule has 86 valence electrons. The summed E-state index contributed by atoms with van der Waals surface area (Å²) in [5, 5.41) is 0. The summed E-state index contributed by atoms with van der Waals surface area (Å²) >= 11 is 0. The molecule has 0 radical (unpaired) electrons. The van der Waals surface area contributed by atoms with Gasteiger partial charge in [0, 0.05) is 22.6 Å². The highest BCUT2D eigenvalue weighted by atomic mass is 28.1. The van der Waals surface area contributed by atoms with Gasteiger partial charge in [0.05, 0.1) is 26.4 Å². The molecule has 0 aromatic rings. The van der Waals surface area contributed by atoms with Gasteiger partial charge >= 0.3 is 0 Å². The molecule has 0 aliphatic carbocycles. The van der Waals surface area contributed by atoms with Gasteiger partial charge in [0.1, 0.15) is 0 Å². The minimum Gasteiger partial charge on any atom is -0.380 e. The van der Waals surface area contributed by atoms with Crippen LogP contribution >= 0.6 is 0 Å². The largest absolute Gasteiger partial charge is 0.380 e. The van der Waals surface area contributed by atoms with Crippen LogP contribution < -0.4 is 5.73 Å². The zero-order chi connectivity index (χ0) is 10.6. The number of rotatable bonds is 10. The number of ether oxygens (including phenoxy) is 3. The Labute approximate surface area is 89.5 Å². The third-order valence-corrected chi connectivity index (χ3v) is 2.69. The molecule has 0 saturated heterocycles. The molecule has 5 heteroatoms. The fourth-order valence-electron chi connectivity index (χ4n) is 0.991. The van der Waals surface area contributed by atoms with Gasteiger partial charge in [0.2, 0.25) is 0 Å². The highest BCUT2D eigenvalue weighted by Crippen LogP contribution is 1.91. The number of hydrogen-bond donors (Lipinski definition) is 1. The third-order valence-electron chi connectivity index (χ3n) is 1.78. The Hall–Kier alpha value is 0.0569. The van der Waals surface area contributed by atoms with Crippen molar-refractivity contribution < 1.29 is 14.2 Å². The molecule has 0 bridgehead atoms. The molecule has 1 unspecified atom stereocenters. The first-order chi connectivity index (χ1) is 6.81. The molecule has 0 saturated carbocycles. The molecule has 4 nitrogen and oxygen atoms in total. The van der Waals surface area contributed by atoms with Gasteiger partial charge in [0.25, 0.3) is 0 Å². The minimum atomic E-state index is 0.371. The van der Waals surface area contributed by atoms with Crippen LogP contribution in [-0.2, 0) is 14.2 Å². The molecular weight excluding hydrogens is 198 g/mol. The van der Waals surface area contributed by atoms with E-state index >= 15 is 0 Å². The molecule has 0 amide bonds. The summed E-state index contributed by atoms with van der Waals surface area (Å²) in [5.74, 6) is 0. The maximum atomic E-state index is 5.50. The predicted molar refractivity (Wildman–Crippen MR) is 60.7 cm³/mol. The molecule has 0 aromatic heterocycles. The molecule has 14 heavy (non-hydrogen) atoms. The van der Waals surface area contributed by atoms with E-state index in [0.717, 1.165) is 23.3 Å². The van der Waals surface area contributed by atoms with Gasteiger partial charge in [-0.05, 0) is 19.9 Å². The van der Waals surface area contributed by atoms with Gasteiger partial charge in [-0.3, -0.25) is 0 Å². The zero-order valence-electron chi connectivity index (χ0n) is 9.33. The van der Waals surface area contributed by atoms with E-state index in [9.17, 15) is 0 Å². The van der Waals surface area contributed by atoms with Crippen LogP contribution in [-0.4, -0.2) is 55.5 Å². The van der Waals surface area contributed by atoms with Gasteiger partial charge < -0.3 is 19.9 Å². The Balaban J connectivity index is 2.98. The molecule has 0 aliphatic heterocycles. The quantitative estimate of drug-likeness (QED) is 0.384. The lowest BCUT2D eigenvalue weighted by Crippen LogP contribution is -2.20. The molecule has 2 N–H and O–H groups in total. The van der Waals surface area contributed by atoms with E-state index in [1.54, 1.807) is 0 Å². The predicted octanol–water partition coefficient (Wildman–Crippen LogP) is -0.904. The summed E-state index contributed by atoms with van der Waals surface area (Å²) in [7, 11) is 1.04. The lowest BCUT2D eigenvalue weighted by Gasteiger charge is -2.11. The highest BCUT2D eigenvalue weighted by molar-refractivity contribution is 6.10. The standard InChI is InChI=1S/C9H23NO3Si/c1-2-11-5-6-12-7-8-13-9(14)3-4-10/h9H,2-8,10H2,1,14H3. The van der Waals surface area contributed by atoms with Crippen molar-refractivity contribution in [2.24, 2.45) is 5.73 Å². The first-order valence-electron chi connectivity index (χ1n) is 5.28. The summed E-state index contributed by atoms with van der Waals surface area (Å²) in [6.45, 7) is 6.07. The Morgan fingerprint density at radius 3 is 2.43 bits per heavy atom. The lowest BCUT2D eigenvalue weighted by atomic mass is 10.4. The summed E-state index contributed by atoms with van der Waals surface area (Å²) in [6.07, 6.45) is 0.963. The van der Waals surface area contributed by atoms with Gasteiger partial charge in [-0.2, -0.15) is 0 Å². The van der Waals surface area contributed by atoms with Crippen molar-refractivity contribution in [3.8, 4) is 0 Å². The normalized spacial score (nSPS) is 13.3. The first-order valence-corrected chi connectivity index (χ1v) is 6.43. The Kier molecular flexibility index (Phi) is 11.2. The fraction of sp³-hybridized carbons (Fsp3) is 1.00. The van der Waals surface area contributed by atoms with Crippen LogP contribution in [0.25, 0.3) is 0 Å². The van der Waals surface area contributed by atoms with Crippen molar-refractivity contribution in [1.29, 1.82) is 0 Å². The topological polar surface area (TPSA) is 53.7 Å².